The Morgan fingerprint density at radius 3 is 2.04 bits per heavy atom. The lowest BCUT2D eigenvalue weighted by atomic mass is 9.89. The van der Waals surface area contributed by atoms with Gasteiger partial charge in [-0.15, -0.1) is 0 Å². The molecule has 5 rings (SSSR count). The van der Waals surface area contributed by atoms with Gasteiger partial charge in [0.1, 0.15) is 5.75 Å². The molecule has 0 unspecified atom stereocenters. The quantitative estimate of drug-likeness (QED) is 0.308. The Kier molecular flexibility index (Phi) is 11.9. The summed E-state index contributed by atoms with van der Waals surface area (Å²) >= 11 is 6.18. The van der Waals surface area contributed by atoms with Gasteiger partial charge >= 0.3 is 6.03 Å². The predicted molar refractivity (Wildman–Crippen MR) is 182 cm³/mol. The maximum atomic E-state index is 14.1. The minimum Gasteiger partial charge on any atom is -0.497 e. The number of piperidine rings is 1. The normalized spacial score (nSPS) is 22.0. The number of carbonyl (C=O) groups excluding carboxylic acids is 2. The topological polar surface area (TPSA) is 77.1 Å². The van der Waals surface area contributed by atoms with Crippen molar-refractivity contribution >= 4 is 29.2 Å². The molecule has 9 heteroatoms. The zero-order valence-electron chi connectivity index (χ0n) is 27.3. The summed E-state index contributed by atoms with van der Waals surface area (Å²) in [5.74, 6) is 1.03. The minimum absolute atomic E-state index is 0.117. The Morgan fingerprint density at radius 1 is 0.844 bits per heavy atom. The smallest absolute Gasteiger partial charge is 0.319 e. The zero-order chi connectivity index (χ0) is 31.8. The number of urea groups is 1. The summed E-state index contributed by atoms with van der Waals surface area (Å²) in [5.41, 5.74) is 2.22. The lowest BCUT2D eigenvalue weighted by Crippen LogP contribution is -2.58. The van der Waals surface area contributed by atoms with E-state index in [1.165, 1.54) is 19.3 Å². The highest BCUT2D eigenvalue weighted by atomic mass is 35.5. The zero-order valence-corrected chi connectivity index (χ0v) is 28.1. The van der Waals surface area contributed by atoms with E-state index in [0.29, 0.717) is 36.6 Å². The molecule has 0 aromatic heterocycles. The average molecular weight is 638 g/mol. The Labute approximate surface area is 274 Å². The van der Waals surface area contributed by atoms with Crippen molar-refractivity contribution in [3.05, 3.63) is 59.1 Å². The van der Waals surface area contributed by atoms with Crippen molar-refractivity contribution in [3.8, 4) is 5.75 Å². The number of halogens is 1. The van der Waals surface area contributed by atoms with Gasteiger partial charge in [-0.3, -0.25) is 4.79 Å². The Bertz CT molecular complexity index is 1220. The fraction of sp³-hybridized carbons (Fsp3) is 0.611. The maximum absolute atomic E-state index is 14.1. The first kappa shape index (κ1) is 33.4. The van der Waals surface area contributed by atoms with Gasteiger partial charge in [0.25, 0.3) is 0 Å². The third kappa shape index (κ3) is 9.07. The van der Waals surface area contributed by atoms with Crippen LogP contribution in [0.5, 0.6) is 5.75 Å². The largest absolute Gasteiger partial charge is 0.497 e. The van der Waals surface area contributed by atoms with Crippen molar-refractivity contribution in [1.82, 2.24) is 20.0 Å². The van der Waals surface area contributed by atoms with Crippen LogP contribution in [0, 0.1) is 0 Å². The number of nitrogens with zero attached hydrogens (tertiary/aromatic N) is 3. The van der Waals surface area contributed by atoms with Crippen LogP contribution >= 0.6 is 11.6 Å². The fourth-order valence-corrected chi connectivity index (χ4v) is 7.60. The van der Waals surface area contributed by atoms with Gasteiger partial charge in [0.2, 0.25) is 5.91 Å². The van der Waals surface area contributed by atoms with Gasteiger partial charge in [0.05, 0.1) is 13.2 Å². The molecule has 3 amide bonds. The van der Waals surface area contributed by atoms with Crippen molar-refractivity contribution < 1.29 is 14.3 Å². The maximum Gasteiger partial charge on any atom is 0.319 e. The molecule has 1 atom stereocenters. The first-order valence-corrected chi connectivity index (χ1v) is 17.4. The second-order valence-electron chi connectivity index (χ2n) is 13.4. The Hall–Kier alpha value is -2.97. The monoisotopic (exact) mass is 637 g/mol. The van der Waals surface area contributed by atoms with Crippen molar-refractivity contribution in [2.45, 2.75) is 107 Å². The van der Waals surface area contributed by atoms with Crippen molar-refractivity contribution in [2.75, 3.05) is 39.6 Å². The number of nitrogens with one attached hydrogen (secondary N) is 2. The van der Waals surface area contributed by atoms with Gasteiger partial charge in [0, 0.05) is 62.1 Å². The molecule has 0 spiro atoms. The summed E-state index contributed by atoms with van der Waals surface area (Å²) in [4.78, 5) is 33.4. The first-order valence-electron chi connectivity index (χ1n) is 17.0. The van der Waals surface area contributed by atoms with Crippen LogP contribution in [0.4, 0.5) is 10.5 Å². The van der Waals surface area contributed by atoms with Gasteiger partial charge in [-0.05, 0) is 99.7 Å². The number of likely N-dealkylation sites (tertiary alicyclic amines) is 1. The molecule has 1 aliphatic heterocycles. The third-order valence-corrected chi connectivity index (χ3v) is 10.3. The number of hydrogen-bond donors (Lipinski definition) is 2. The van der Waals surface area contributed by atoms with E-state index in [-0.39, 0.29) is 30.1 Å². The number of amides is 3. The summed E-state index contributed by atoms with van der Waals surface area (Å²) < 4.78 is 5.29. The molecule has 8 nitrogen and oxygen atoms in total. The molecule has 0 radical (unpaired) electrons. The predicted octanol–water partition coefficient (Wildman–Crippen LogP) is 6.58. The highest BCUT2D eigenvalue weighted by Crippen LogP contribution is 2.30. The van der Waals surface area contributed by atoms with E-state index >= 15 is 0 Å². The molecular weight excluding hydrogens is 586 g/mol. The van der Waals surface area contributed by atoms with Gasteiger partial charge < -0.3 is 30.1 Å². The molecule has 1 heterocycles. The summed E-state index contributed by atoms with van der Waals surface area (Å²) in [7, 11) is 5.39. The van der Waals surface area contributed by atoms with Crippen molar-refractivity contribution in [3.63, 3.8) is 0 Å². The number of methoxy groups -OCH3 is 1. The third-order valence-electron chi connectivity index (χ3n) is 10.0. The molecule has 45 heavy (non-hydrogen) atoms. The summed E-state index contributed by atoms with van der Waals surface area (Å²) in [6, 6.07) is 17.0. The second-order valence-corrected chi connectivity index (χ2v) is 13.8. The van der Waals surface area contributed by atoms with Crippen LogP contribution in [0.1, 0.15) is 76.2 Å². The van der Waals surface area contributed by atoms with Gasteiger partial charge in [-0.1, -0.05) is 43.0 Å². The van der Waals surface area contributed by atoms with E-state index in [1.807, 2.05) is 55.4 Å². The molecular formula is C36H52ClN5O3. The van der Waals surface area contributed by atoms with Crippen LogP contribution in [0.3, 0.4) is 0 Å². The number of benzene rings is 2. The molecule has 0 bridgehead atoms. The van der Waals surface area contributed by atoms with Crippen LogP contribution in [0.25, 0.3) is 0 Å². The van der Waals surface area contributed by atoms with E-state index in [9.17, 15) is 9.59 Å². The van der Waals surface area contributed by atoms with Crippen molar-refractivity contribution in [1.29, 1.82) is 0 Å². The summed E-state index contributed by atoms with van der Waals surface area (Å²) in [6.45, 7) is 1.37. The highest BCUT2D eigenvalue weighted by Gasteiger charge is 2.37. The molecule has 246 valence electrons. The lowest BCUT2D eigenvalue weighted by molar-refractivity contribution is -0.135. The Balaban J connectivity index is 1.20. The number of carbonyl (C=O) groups is 2. The molecule has 3 aliphatic rings. The summed E-state index contributed by atoms with van der Waals surface area (Å²) in [6.07, 6.45) is 12.2. The van der Waals surface area contributed by atoms with Gasteiger partial charge in [-0.2, -0.15) is 0 Å². The van der Waals surface area contributed by atoms with E-state index in [2.05, 4.69) is 27.7 Å². The average Bonchev–Trinajstić information content (AvgIpc) is 3.07. The van der Waals surface area contributed by atoms with E-state index in [0.717, 1.165) is 68.4 Å². The van der Waals surface area contributed by atoms with Gasteiger partial charge in [-0.25, -0.2) is 4.79 Å². The number of anilines is 1. The summed E-state index contributed by atoms with van der Waals surface area (Å²) in [5, 5.41) is 8.17. The van der Waals surface area contributed by atoms with Crippen LogP contribution < -0.4 is 15.4 Å². The number of rotatable bonds is 10. The lowest BCUT2D eigenvalue weighted by Gasteiger charge is -2.45. The first-order chi connectivity index (χ1) is 21.8. The van der Waals surface area contributed by atoms with Crippen LogP contribution in [-0.2, 0) is 11.2 Å². The van der Waals surface area contributed by atoms with Crippen LogP contribution in [0.15, 0.2) is 48.5 Å². The molecule has 2 saturated carbocycles. The van der Waals surface area contributed by atoms with Crippen molar-refractivity contribution in [2.24, 2.45) is 0 Å². The standard InChI is InChI=1S/C36H52ClN5O3/c1-40(2)36(44)42(31-7-5-4-6-8-31)32-21-23-41(24-22-32)35(43)34(25-26-9-11-27(37)12-10-26)39-30-15-13-28(14-16-30)38-29-17-19-33(45-3)20-18-29/h9-12,17-20,28,30-32,34,38-39H,4-8,13-16,21-25H2,1-3H3/t28?,30?,34-/m1/s1. The molecule has 2 aromatic carbocycles. The highest BCUT2D eigenvalue weighted by molar-refractivity contribution is 6.30. The molecule has 1 saturated heterocycles. The van der Waals surface area contributed by atoms with E-state index in [4.69, 9.17) is 16.3 Å². The number of hydrogen-bond acceptors (Lipinski definition) is 5. The molecule has 3 fully saturated rings. The molecule has 2 N–H and O–H groups in total. The van der Waals surface area contributed by atoms with E-state index < -0.39 is 0 Å². The minimum atomic E-state index is -0.295. The van der Waals surface area contributed by atoms with Gasteiger partial charge in [0.15, 0.2) is 0 Å². The van der Waals surface area contributed by atoms with Crippen LogP contribution in [0.2, 0.25) is 5.02 Å². The second kappa shape index (κ2) is 16.0. The molecule has 2 aromatic rings. The van der Waals surface area contributed by atoms with Crippen LogP contribution in [-0.4, -0.2) is 91.1 Å². The fourth-order valence-electron chi connectivity index (χ4n) is 7.47. The SMILES string of the molecule is COc1ccc(NC2CCC(N[C@H](Cc3ccc(Cl)cc3)C(=O)N3CCC(N(C(=O)N(C)C)C4CCCCC4)CC3)CC2)cc1. The number of ether oxygens (including phenoxy) is 1. The Morgan fingerprint density at radius 2 is 1.44 bits per heavy atom. The van der Waals surface area contributed by atoms with E-state index in [1.54, 1.807) is 12.0 Å². The molecule has 2 aliphatic carbocycles.